The predicted molar refractivity (Wildman–Crippen MR) is 44.8 cm³/mol. The summed E-state index contributed by atoms with van der Waals surface area (Å²) in [7, 11) is 0. The van der Waals surface area contributed by atoms with E-state index in [2.05, 4.69) is 30.8 Å². The second kappa shape index (κ2) is 2.52. The lowest BCUT2D eigenvalue weighted by Gasteiger charge is -2.18. The highest BCUT2D eigenvalue weighted by molar-refractivity contribution is 6.06. The molecular formula is C8H14N2. The van der Waals surface area contributed by atoms with Gasteiger partial charge in [0.1, 0.15) is 6.17 Å². The summed E-state index contributed by atoms with van der Waals surface area (Å²) in [5, 5.41) is 0. The number of nitrogens with zero attached hydrogens (tertiary/aromatic N) is 2. The van der Waals surface area contributed by atoms with E-state index in [1.54, 1.807) is 0 Å². The maximum Gasteiger partial charge on any atom is 0.136 e. The zero-order valence-corrected chi connectivity index (χ0v) is 7.05. The third-order valence-electron chi connectivity index (χ3n) is 2.03. The average molecular weight is 138 g/mol. The van der Waals surface area contributed by atoms with Crippen molar-refractivity contribution in [3.8, 4) is 0 Å². The Hall–Kier alpha value is -0.660. The highest BCUT2D eigenvalue weighted by Gasteiger charge is 2.15. The zero-order chi connectivity index (χ0) is 7.72. The van der Waals surface area contributed by atoms with Crippen LogP contribution < -0.4 is 0 Å². The summed E-state index contributed by atoms with van der Waals surface area (Å²) in [4.78, 5) is 8.69. The molecule has 0 fully saturated rings. The monoisotopic (exact) mass is 138 g/mol. The second-order valence-electron chi connectivity index (χ2n) is 2.89. The first-order valence-electron chi connectivity index (χ1n) is 3.70. The smallest absolute Gasteiger partial charge is 0.136 e. The fourth-order valence-corrected chi connectivity index (χ4v) is 1.14. The van der Waals surface area contributed by atoms with Gasteiger partial charge in [-0.15, -0.1) is 0 Å². The lowest BCUT2D eigenvalue weighted by molar-refractivity contribution is 0.750. The van der Waals surface area contributed by atoms with Gasteiger partial charge in [-0.1, -0.05) is 6.92 Å². The summed E-state index contributed by atoms with van der Waals surface area (Å²) in [5.41, 5.74) is 2.42. The minimum absolute atomic E-state index is 0.149. The van der Waals surface area contributed by atoms with Crippen LogP contribution in [0.2, 0.25) is 0 Å². The van der Waals surface area contributed by atoms with Gasteiger partial charge in [0.15, 0.2) is 0 Å². The van der Waals surface area contributed by atoms with E-state index in [0.717, 1.165) is 0 Å². The van der Waals surface area contributed by atoms with E-state index in [9.17, 15) is 0 Å². The number of hydrogen-bond donors (Lipinski definition) is 0. The van der Waals surface area contributed by atoms with Crippen LogP contribution in [0.15, 0.2) is 9.98 Å². The van der Waals surface area contributed by atoms with E-state index >= 15 is 0 Å². The Labute approximate surface area is 62.1 Å². The van der Waals surface area contributed by atoms with Crippen LogP contribution >= 0.6 is 0 Å². The third-order valence-corrected chi connectivity index (χ3v) is 2.03. The Kier molecular flexibility index (Phi) is 1.88. The molecule has 0 atom stereocenters. The van der Waals surface area contributed by atoms with E-state index in [1.807, 2.05) is 6.92 Å². The van der Waals surface area contributed by atoms with Crippen LogP contribution in [0, 0.1) is 5.92 Å². The van der Waals surface area contributed by atoms with Gasteiger partial charge in [-0.05, 0) is 20.8 Å². The van der Waals surface area contributed by atoms with Crippen LogP contribution in [0.5, 0.6) is 0 Å². The lowest BCUT2D eigenvalue weighted by atomic mass is 10.0. The molecule has 2 nitrogen and oxygen atoms in total. The van der Waals surface area contributed by atoms with Gasteiger partial charge in [0.05, 0.1) is 0 Å². The quantitative estimate of drug-likeness (QED) is 0.488. The summed E-state index contributed by atoms with van der Waals surface area (Å²) in [5.74, 6) is 0.455. The van der Waals surface area contributed by atoms with Crippen molar-refractivity contribution in [2.75, 3.05) is 0 Å². The Morgan fingerprint density at radius 1 is 1.00 bits per heavy atom. The summed E-state index contributed by atoms with van der Waals surface area (Å²) < 4.78 is 0. The van der Waals surface area contributed by atoms with Gasteiger partial charge < -0.3 is 0 Å². The molecule has 56 valence electrons. The molecule has 0 spiro atoms. The molecule has 0 saturated heterocycles. The van der Waals surface area contributed by atoms with Crippen molar-refractivity contribution in [2.24, 2.45) is 15.9 Å². The van der Waals surface area contributed by atoms with Gasteiger partial charge >= 0.3 is 0 Å². The van der Waals surface area contributed by atoms with Crippen molar-refractivity contribution in [3.63, 3.8) is 0 Å². The average Bonchev–Trinajstić information content (AvgIpc) is 1.82. The van der Waals surface area contributed by atoms with Crippen molar-refractivity contribution < 1.29 is 0 Å². The van der Waals surface area contributed by atoms with Gasteiger partial charge in [-0.25, -0.2) is 0 Å². The Bertz CT molecular complexity index is 171. The molecule has 1 rings (SSSR count). The van der Waals surface area contributed by atoms with E-state index in [4.69, 9.17) is 0 Å². The van der Waals surface area contributed by atoms with Crippen LogP contribution in [-0.4, -0.2) is 17.6 Å². The van der Waals surface area contributed by atoms with Crippen molar-refractivity contribution >= 4 is 11.4 Å². The molecule has 0 N–H and O–H groups in total. The highest BCUT2D eigenvalue weighted by Crippen LogP contribution is 2.11. The summed E-state index contributed by atoms with van der Waals surface area (Å²) >= 11 is 0. The van der Waals surface area contributed by atoms with Crippen molar-refractivity contribution in [1.29, 1.82) is 0 Å². The van der Waals surface area contributed by atoms with Gasteiger partial charge in [0.25, 0.3) is 0 Å². The maximum atomic E-state index is 4.34. The largest absolute Gasteiger partial charge is 0.267 e. The molecule has 0 unspecified atom stereocenters. The Morgan fingerprint density at radius 2 is 1.40 bits per heavy atom. The maximum absolute atomic E-state index is 4.34. The molecule has 0 amide bonds. The summed E-state index contributed by atoms with van der Waals surface area (Å²) in [6.07, 6.45) is 0.149. The van der Waals surface area contributed by atoms with Crippen LogP contribution in [0.1, 0.15) is 27.7 Å². The highest BCUT2D eigenvalue weighted by atomic mass is 15.0. The van der Waals surface area contributed by atoms with Crippen LogP contribution in [-0.2, 0) is 0 Å². The fourth-order valence-electron chi connectivity index (χ4n) is 1.14. The van der Waals surface area contributed by atoms with Crippen LogP contribution in [0.25, 0.3) is 0 Å². The first-order valence-corrected chi connectivity index (χ1v) is 3.70. The Morgan fingerprint density at radius 3 is 1.80 bits per heavy atom. The van der Waals surface area contributed by atoms with Crippen LogP contribution in [0.4, 0.5) is 0 Å². The molecule has 1 aliphatic heterocycles. The molecule has 0 aliphatic carbocycles. The molecule has 0 radical (unpaired) electrons. The minimum Gasteiger partial charge on any atom is -0.267 e. The van der Waals surface area contributed by atoms with E-state index in [1.165, 1.54) is 11.4 Å². The topological polar surface area (TPSA) is 24.7 Å². The summed E-state index contributed by atoms with van der Waals surface area (Å²) in [6.45, 7) is 8.29. The number of hydrogen-bond acceptors (Lipinski definition) is 2. The first kappa shape index (κ1) is 7.45. The fraction of sp³-hybridized carbons (Fsp3) is 0.750. The van der Waals surface area contributed by atoms with Gasteiger partial charge in [-0.2, -0.15) is 0 Å². The minimum atomic E-state index is 0.149. The molecule has 1 heterocycles. The number of rotatable bonds is 0. The second-order valence-corrected chi connectivity index (χ2v) is 2.89. The molecular weight excluding hydrogens is 124 g/mol. The van der Waals surface area contributed by atoms with Crippen molar-refractivity contribution in [2.45, 2.75) is 33.9 Å². The zero-order valence-electron chi connectivity index (χ0n) is 7.05. The van der Waals surface area contributed by atoms with Gasteiger partial charge in [0, 0.05) is 17.3 Å². The lowest BCUT2D eigenvalue weighted by Crippen LogP contribution is -2.23. The van der Waals surface area contributed by atoms with Gasteiger partial charge in [-0.3, -0.25) is 9.98 Å². The normalized spacial score (nSPS) is 33.2. The standard InChI is InChI=1S/C8H14N2/c1-5-6(2)9-8(4)10-7(5)3/h5,8H,1-4H3. The molecule has 0 aromatic rings. The molecule has 0 bridgehead atoms. The molecule has 1 aliphatic rings. The predicted octanol–water partition coefficient (Wildman–Crippen LogP) is 1.90. The first-order chi connectivity index (χ1) is 4.61. The van der Waals surface area contributed by atoms with Crippen molar-refractivity contribution in [3.05, 3.63) is 0 Å². The third kappa shape index (κ3) is 1.25. The Balaban J connectivity index is 2.83. The summed E-state index contributed by atoms with van der Waals surface area (Å²) in [6, 6.07) is 0. The van der Waals surface area contributed by atoms with E-state index in [-0.39, 0.29) is 6.17 Å². The molecule has 0 saturated carbocycles. The number of aliphatic imine (C=N–C) groups is 2. The van der Waals surface area contributed by atoms with E-state index < -0.39 is 0 Å². The SMILES string of the molecule is CC1=NC(C)N=C(C)C1C. The van der Waals surface area contributed by atoms with Crippen LogP contribution in [0.3, 0.4) is 0 Å². The van der Waals surface area contributed by atoms with Gasteiger partial charge in [0.2, 0.25) is 0 Å². The van der Waals surface area contributed by atoms with Crippen molar-refractivity contribution in [1.82, 2.24) is 0 Å². The molecule has 0 aromatic heterocycles. The molecule has 10 heavy (non-hydrogen) atoms. The van der Waals surface area contributed by atoms with E-state index in [0.29, 0.717) is 5.92 Å². The molecule has 0 aromatic carbocycles. The molecule has 2 heteroatoms.